The van der Waals surface area contributed by atoms with E-state index in [0.717, 1.165) is 0 Å². The predicted octanol–water partition coefficient (Wildman–Crippen LogP) is 0.327. The molecule has 16 heavy (non-hydrogen) atoms. The first-order valence-corrected chi connectivity index (χ1v) is 4.70. The normalized spacial score (nSPS) is 9.88. The summed E-state index contributed by atoms with van der Waals surface area (Å²) in [4.78, 5) is 22.3. The Morgan fingerprint density at radius 3 is 2.69 bits per heavy atom. The zero-order valence-electron chi connectivity index (χ0n) is 9.23. The lowest BCUT2D eigenvalue weighted by atomic mass is 10.4. The van der Waals surface area contributed by atoms with Crippen molar-refractivity contribution in [1.29, 1.82) is 0 Å². The van der Waals surface area contributed by atoms with E-state index in [4.69, 9.17) is 10.5 Å². The molecule has 6 heteroatoms. The molecular weight excluding hydrogens is 212 g/mol. The number of hydrogen-bond donors (Lipinski definition) is 1. The maximum Gasteiger partial charge on any atom is 0.355 e. The number of methoxy groups -OCH3 is 1. The monoisotopic (exact) mass is 226 g/mol. The Labute approximate surface area is 92.9 Å². The number of carbonyl (C=O) groups is 2. The molecule has 6 nitrogen and oxygen atoms in total. The smallest absolute Gasteiger partial charge is 0.355 e. The van der Waals surface area contributed by atoms with Crippen LogP contribution < -0.4 is 5.73 Å². The van der Waals surface area contributed by atoms with Crippen molar-refractivity contribution in [2.24, 2.45) is 7.05 Å². The molecule has 2 N–H and O–H groups in total. The van der Waals surface area contributed by atoms with Crippen molar-refractivity contribution in [3.63, 3.8) is 0 Å². The number of aryl methyl sites for hydroxylation is 1. The molecule has 1 rings (SSSR count). The highest BCUT2D eigenvalue weighted by Crippen LogP contribution is 2.09. The van der Waals surface area contributed by atoms with Crippen LogP contribution >= 0.6 is 0 Å². The van der Waals surface area contributed by atoms with E-state index in [2.05, 4.69) is 4.74 Å². The number of esters is 2. The van der Waals surface area contributed by atoms with Gasteiger partial charge < -0.3 is 19.8 Å². The molecule has 0 radical (unpaired) electrons. The van der Waals surface area contributed by atoms with Crippen LogP contribution in [0.25, 0.3) is 0 Å². The zero-order chi connectivity index (χ0) is 12.1. The van der Waals surface area contributed by atoms with Gasteiger partial charge >= 0.3 is 11.9 Å². The molecule has 0 unspecified atom stereocenters. The van der Waals surface area contributed by atoms with E-state index >= 15 is 0 Å². The third kappa shape index (κ3) is 3.01. The molecule has 0 amide bonds. The number of nitrogens with two attached hydrogens (primary N) is 1. The summed E-state index contributed by atoms with van der Waals surface area (Å²) in [5.41, 5.74) is 6.35. The van der Waals surface area contributed by atoms with Gasteiger partial charge in [-0.1, -0.05) is 0 Å². The summed E-state index contributed by atoms with van der Waals surface area (Å²) in [5.74, 6) is -0.928. The van der Waals surface area contributed by atoms with Crippen molar-refractivity contribution < 1.29 is 19.1 Å². The lowest BCUT2D eigenvalue weighted by Gasteiger charge is -2.04. The topological polar surface area (TPSA) is 83.6 Å². The van der Waals surface area contributed by atoms with Crippen molar-refractivity contribution in [1.82, 2.24) is 4.57 Å². The first-order valence-electron chi connectivity index (χ1n) is 4.70. The molecule has 0 aliphatic carbocycles. The third-order valence-electron chi connectivity index (χ3n) is 2.00. The summed E-state index contributed by atoms with van der Waals surface area (Å²) in [7, 11) is 2.97. The number of ether oxygens (including phenoxy) is 2. The van der Waals surface area contributed by atoms with E-state index in [1.54, 1.807) is 17.8 Å². The maximum atomic E-state index is 11.5. The molecule has 0 bridgehead atoms. The average molecular weight is 226 g/mol. The summed E-state index contributed by atoms with van der Waals surface area (Å²) >= 11 is 0. The van der Waals surface area contributed by atoms with Gasteiger partial charge in [0.1, 0.15) is 12.3 Å². The molecule has 0 spiro atoms. The predicted molar refractivity (Wildman–Crippen MR) is 56.7 cm³/mol. The number of nitrogen functional groups attached to an aromatic ring is 1. The largest absolute Gasteiger partial charge is 0.469 e. The minimum atomic E-state index is -0.511. The molecule has 0 aliphatic rings. The van der Waals surface area contributed by atoms with Crippen LogP contribution in [-0.2, 0) is 21.3 Å². The van der Waals surface area contributed by atoms with Crippen LogP contribution in [0.15, 0.2) is 12.3 Å². The number of hydrogen-bond acceptors (Lipinski definition) is 5. The fourth-order valence-electron chi connectivity index (χ4n) is 1.20. The van der Waals surface area contributed by atoms with Crippen LogP contribution in [0.2, 0.25) is 0 Å². The number of aromatic nitrogens is 1. The quantitative estimate of drug-likeness (QED) is 0.748. The van der Waals surface area contributed by atoms with E-state index in [9.17, 15) is 9.59 Å². The number of nitrogens with zero attached hydrogens (tertiary/aromatic N) is 1. The second-order valence-corrected chi connectivity index (χ2v) is 3.23. The van der Waals surface area contributed by atoms with E-state index in [1.807, 2.05) is 0 Å². The molecule has 0 atom stereocenters. The minimum absolute atomic E-state index is 0.00338. The molecule has 0 saturated carbocycles. The molecule has 0 fully saturated rings. The zero-order valence-corrected chi connectivity index (χ0v) is 9.23. The van der Waals surface area contributed by atoms with Gasteiger partial charge in [0, 0.05) is 13.2 Å². The van der Waals surface area contributed by atoms with Crippen molar-refractivity contribution in [2.75, 3.05) is 19.5 Å². The third-order valence-corrected chi connectivity index (χ3v) is 2.00. The van der Waals surface area contributed by atoms with Crippen molar-refractivity contribution in [2.45, 2.75) is 6.42 Å². The van der Waals surface area contributed by atoms with Gasteiger partial charge in [-0.2, -0.15) is 0 Å². The molecule has 1 aromatic heterocycles. The summed E-state index contributed by atoms with van der Waals surface area (Å²) in [6.45, 7) is -0.00338. The van der Waals surface area contributed by atoms with Gasteiger partial charge in [-0.25, -0.2) is 4.79 Å². The van der Waals surface area contributed by atoms with Gasteiger partial charge in [0.15, 0.2) is 0 Å². The molecule has 0 saturated heterocycles. The Kier molecular flexibility index (Phi) is 3.93. The highest BCUT2D eigenvalue weighted by molar-refractivity contribution is 5.89. The Hall–Kier alpha value is -1.98. The summed E-state index contributed by atoms with van der Waals surface area (Å²) in [6.07, 6.45) is 1.65. The first-order chi connectivity index (χ1) is 7.54. The average Bonchev–Trinajstić information content (AvgIpc) is 2.57. The SMILES string of the molecule is COC(=O)CCOC(=O)c1cc(N)cn1C. The Bertz CT molecular complexity index is 398. The van der Waals surface area contributed by atoms with Gasteiger partial charge in [0.2, 0.25) is 0 Å². The summed E-state index contributed by atoms with van der Waals surface area (Å²) < 4.78 is 10.9. The first kappa shape index (κ1) is 12.1. The number of rotatable bonds is 4. The standard InChI is InChI=1S/C10H14N2O4/c1-12-6-7(11)5-8(12)10(14)16-4-3-9(13)15-2/h5-6H,3-4,11H2,1-2H3. The van der Waals surface area contributed by atoms with E-state index in [0.29, 0.717) is 11.4 Å². The molecule has 0 aliphatic heterocycles. The molecular formula is C10H14N2O4. The number of anilines is 1. The van der Waals surface area contributed by atoms with Crippen LogP contribution in [0.5, 0.6) is 0 Å². The Morgan fingerprint density at radius 1 is 1.50 bits per heavy atom. The Balaban J connectivity index is 2.47. The van der Waals surface area contributed by atoms with E-state index in [1.165, 1.54) is 13.2 Å². The minimum Gasteiger partial charge on any atom is -0.469 e. The second kappa shape index (κ2) is 5.20. The van der Waals surface area contributed by atoms with Gasteiger partial charge in [-0.05, 0) is 6.07 Å². The fraction of sp³-hybridized carbons (Fsp3) is 0.400. The second-order valence-electron chi connectivity index (χ2n) is 3.23. The number of carbonyl (C=O) groups excluding carboxylic acids is 2. The van der Waals surface area contributed by atoms with Gasteiger partial charge in [-0.3, -0.25) is 4.79 Å². The maximum absolute atomic E-state index is 11.5. The molecule has 1 aromatic rings. The molecule has 0 aromatic carbocycles. The van der Waals surface area contributed by atoms with Gasteiger partial charge in [-0.15, -0.1) is 0 Å². The fourth-order valence-corrected chi connectivity index (χ4v) is 1.20. The molecule has 1 heterocycles. The summed E-state index contributed by atoms with van der Waals surface area (Å²) in [5, 5.41) is 0. The van der Waals surface area contributed by atoms with Crippen LogP contribution in [-0.4, -0.2) is 30.2 Å². The lowest BCUT2D eigenvalue weighted by Crippen LogP contribution is -2.13. The van der Waals surface area contributed by atoms with Crippen LogP contribution in [0.1, 0.15) is 16.9 Å². The van der Waals surface area contributed by atoms with Crippen LogP contribution in [0.3, 0.4) is 0 Å². The van der Waals surface area contributed by atoms with E-state index in [-0.39, 0.29) is 13.0 Å². The van der Waals surface area contributed by atoms with E-state index < -0.39 is 11.9 Å². The van der Waals surface area contributed by atoms with Gasteiger partial charge in [0.25, 0.3) is 0 Å². The van der Waals surface area contributed by atoms with Gasteiger partial charge in [0.05, 0.1) is 19.2 Å². The Morgan fingerprint density at radius 2 is 2.19 bits per heavy atom. The molecule has 88 valence electrons. The van der Waals surface area contributed by atoms with Crippen LogP contribution in [0, 0.1) is 0 Å². The summed E-state index contributed by atoms with van der Waals surface area (Å²) in [6, 6.07) is 1.51. The van der Waals surface area contributed by atoms with Crippen molar-refractivity contribution in [3.05, 3.63) is 18.0 Å². The lowest BCUT2D eigenvalue weighted by molar-refractivity contribution is -0.141. The van der Waals surface area contributed by atoms with Crippen LogP contribution in [0.4, 0.5) is 5.69 Å². The highest BCUT2D eigenvalue weighted by Gasteiger charge is 2.12. The van der Waals surface area contributed by atoms with Crippen molar-refractivity contribution in [3.8, 4) is 0 Å². The highest BCUT2D eigenvalue weighted by atomic mass is 16.5. The van der Waals surface area contributed by atoms with Crippen molar-refractivity contribution >= 4 is 17.6 Å².